The molecule has 0 atom stereocenters. The van der Waals surface area contributed by atoms with Crippen LogP contribution in [0.3, 0.4) is 0 Å². The van der Waals surface area contributed by atoms with E-state index < -0.39 is 0 Å². The molecule has 5 nitrogen and oxygen atoms in total. The number of guanidine groups is 1. The summed E-state index contributed by atoms with van der Waals surface area (Å²) < 4.78 is 5.14. The Morgan fingerprint density at radius 3 is 2.70 bits per heavy atom. The Bertz CT molecular complexity index is 566. The van der Waals surface area contributed by atoms with Gasteiger partial charge in [-0.05, 0) is 57.0 Å². The van der Waals surface area contributed by atoms with Gasteiger partial charge in [0.25, 0.3) is 0 Å². The van der Waals surface area contributed by atoms with Gasteiger partial charge in [-0.1, -0.05) is 18.0 Å². The monoisotopic (exact) mass is 336 g/mol. The van der Waals surface area contributed by atoms with Gasteiger partial charge in [0.15, 0.2) is 5.96 Å². The molecule has 1 aliphatic heterocycles. The maximum atomic E-state index is 6.11. The molecule has 1 aliphatic carbocycles. The third-order valence-electron chi connectivity index (χ3n) is 4.74. The fraction of sp³-hybridized carbons (Fsp3) is 0.588. The summed E-state index contributed by atoms with van der Waals surface area (Å²) in [5.41, 5.74) is 6.83. The average Bonchev–Trinajstić information content (AvgIpc) is 2.51. The van der Waals surface area contributed by atoms with E-state index in [1.807, 2.05) is 12.1 Å². The highest BCUT2D eigenvalue weighted by atomic mass is 35.5. The second kappa shape index (κ2) is 7.41. The van der Waals surface area contributed by atoms with Gasteiger partial charge in [-0.25, -0.2) is 4.99 Å². The number of benzene rings is 1. The second-order valence-electron chi connectivity index (χ2n) is 6.36. The molecule has 23 heavy (non-hydrogen) atoms. The van der Waals surface area contributed by atoms with E-state index in [0.29, 0.717) is 28.8 Å². The van der Waals surface area contributed by atoms with Crippen molar-refractivity contribution in [2.24, 2.45) is 10.7 Å². The molecular weight excluding hydrogens is 312 g/mol. The van der Waals surface area contributed by atoms with Crippen LogP contribution in [0.5, 0.6) is 5.75 Å². The fourth-order valence-electron chi connectivity index (χ4n) is 3.37. The van der Waals surface area contributed by atoms with Gasteiger partial charge < -0.3 is 20.7 Å². The number of anilines is 1. The molecule has 126 valence electrons. The molecule has 3 rings (SSSR count). The minimum Gasteiger partial charge on any atom is -0.495 e. The Morgan fingerprint density at radius 2 is 2.04 bits per heavy atom. The first kappa shape index (κ1) is 16.4. The average molecular weight is 337 g/mol. The molecule has 0 aromatic heterocycles. The van der Waals surface area contributed by atoms with Crippen molar-refractivity contribution in [1.29, 1.82) is 0 Å². The van der Waals surface area contributed by atoms with E-state index in [2.05, 4.69) is 15.2 Å². The highest BCUT2D eigenvalue weighted by Crippen LogP contribution is 2.31. The van der Waals surface area contributed by atoms with E-state index in [4.69, 9.17) is 22.1 Å². The van der Waals surface area contributed by atoms with Gasteiger partial charge in [-0.3, -0.25) is 0 Å². The Balaban J connectivity index is 1.50. The second-order valence-corrected chi connectivity index (χ2v) is 6.77. The van der Waals surface area contributed by atoms with Crippen LogP contribution >= 0.6 is 11.6 Å². The van der Waals surface area contributed by atoms with Crippen molar-refractivity contribution in [3.8, 4) is 5.75 Å². The number of nitrogens with two attached hydrogens (primary N) is 1. The Morgan fingerprint density at radius 1 is 1.30 bits per heavy atom. The number of halogens is 1. The predicted molar refractivity (Wildman–Crippen MR) is 95.5 cm³/mol. The molecule has 0 radical (unpaired) electrons. The molecule has 1 saturated heterocycles. The number of nitrogens with zero attached hydrogens (tertiary/aromatic N) is 2. The maximum Gasteiger partial charge on any atom is 0.193 e. The van der Waals surface area contributed by atoms with Gasteiger partial charge in [0.2, 0.25) is 0 Å². The smallest absolute Gasteiger partial charge is 0.193 e. The highest BCUT2D eigenvalue weighted by molar-refractivity contribution is 6.32. The van der Waals surface area contributed by atoms with Crippen LogP contribution in [0.1, 0.15) is 32.1 Å². The third kappa shape index (κ3) is 4.09. The van der Waals surface area contributed by atoms with Gasteiger partial charge in [-0.2, -0.15) is 0 Å². The minimum atomic E-state index is 0.336. The molecule has 3 N–H and O–H groups in total. The van der Waals surface area contributed by atoms with Crippen LogP contribution in [0, 0.1) is 0 Å². The van der Waals surface area contributed by atoms with Gasteiger partial charge in [-0.15, -0.1) is 0 Å². The van der Waals surface area contributed by atoms with E-state index in [1.165, 1.54) is 32.4 Å². The number of piperidine rings is 1. The summed E-state index contributed by atoms with van der Waals surface area (Å²) >= 11 is 6.11. The van der Waals surface area contributed by atoms with Crippen LogP contribution in [0.4, 0.5) is 5.69 Å². The predicted octanol–water partition coefficient (Wildman–Crippen LogP) is 3.09. The zero-order valence-corrected chi connectivity index (χ0v) is 14.4. The molecule has 1 aromatic rings. The summed E-state index contributed by atoms with van der Waals surface area (Å²) in [4.78, 5) is 7.19. The number of likely N-dealkylation sites (tertiary alicyclic amines) is 1. The van der Waals surface area contributed by atoms with E-state index in [9.17, 15) is 0 Å². The van der Waals surface area contributed by atoms with Crippen LogP contribution in [-0.2, 0) is 0 Å². The number of hydrogen-bond acceptors (Lipinski definition) is 3. The third-order valence-corrected chi connectivity index (χ3v) is 5.04. The summed E-state index contributed by atoms with van der Waals surface area (Å²) in [5, 5.41) is 3.66. The molecule has 0 spiro atoms. The lowest BCUT2D eigenvalue weighted by atomic mass is 9.85. The van der Waals surface area contributed by atoms with Crippen molar-refractivity contribution in [1.82, 2.24) is 4.90 Å². The number of rotatable bonds is 4. The normalized spacial score (nSPS) is 25.7. The lowest BCUT2D eigenvalue weighted by Gasteiger charge is -2.43. The number of aliphatic imine (C=N–C) groups is 1. The molecule has 1 heterocycles. The van der Waals surface area contributed by atoms with Crippen LogP contribution in [0.2, 0.25) is 5.02 Å². The topological polar surface area (TPSA) is 62.9 Å². The molecular formula is C17H25ClN4O. The first-order chi connectivity index (χ1) is 11.2. The quantitative estimate of drug-likeness (QED) is 0.655. The summed E-state index contributed by atoms with van der Waals surface area (Å²) in [5.74, 6) is 1.10. The Kier molecular flexibility index (Phi) is 5.28. The molecule has 0 unspecified atom stereocenters. The van der Waals surface area contributed by atoms with E-state index in [1.54, 1.807) is 13.2 Å². The van der Waals surface area contributed by atoms with Crippen molar-refractivity contribution in [3.63, 3.8) is 0 Å². The van der Waals surface area contributed by atoms with Gasteiger partial charge >= 0.3 is 0 Å². The van der Waals surface area contributed by atoms with Crippen LogP contribution in [0.15, 0.2) is 23.2 Å². The number of methoxy groups -OCH3 is 1. The van der Waals surface area contributed by atoms with Crippen LogP contribution in [0.25, 0.3) is 0 Å². The zero-order valence-electron chi connectivity index (χ0n) is 13.6. The van der Waals surface area contributed by atoms with Gasteiger partial charge in [0.1, 0.15) is 5.75 Å². The van der Waals surface area contributed by atoms with Crippen molar-refractivity contribution in [2.75, 3.05) is 25.5 Å². The number of ether oxygens (including phenoxy) is 1. The molecule has 1 aromatic carbocycles. The van der Waals surface area contributed by atoms with E-state index in [0.717, 1.165) is 18.5 Å². The van der Waals surface area contributed by atoms with Gasteiger partial charge in [0.05, 0.1) is 18.2 Å². The van der Waals surface area contributed by atoms with Gasteiger partial charge in [0, 0.05) is 11.7 Å². The van der Waals surface area contributed by atoms with Crippen molar-refractivity contribution in [3.05, 3.63) is 23.2 Å². The Labute approximate surface area is 142 Å². The SMILES string of the molecule is COc1ccc(NC(N)=NC2CC(N3CCCCC3)C2)cc1Cl. The number of nitrogens with one attached hydrogen (secondary N) is 1. The number of hydrogen-bond donors (Lipinski definition) is 2. The Hall–Kier alpha value is -1.46. The first-order valence-corrected chi connectivity index (χ1v) is 8.71. The highest BCUT2D eigenvalue weighted by Gasteiger charge is 2.33. The molecule has 6 heteroatoms. The fourth-order valence-corrected chi connectivity index (χ4v) is 3.62. The molecule has 0 bridgehead atoms. The largest absolute Gasteiger partial charge is 0.495 e. The van der Waals surface area contributed by atoms with Crippen LogP contribution < -0.4 is 15.8 Å². The van der Waals surface area contributed by atoms with E-state index in [-0.39, 0.29) is 0 Å². The van der Waals surface area contributed by atoms with Crippen LogP contribution in [-0.4, -0.2) is 43.1 Å². The molecule has 1 saturated carbocycles. The molecule has 2 fully saturated rings. The van der Waals surface area contributed by atoms with Crippen molar-refractivity contribution >= 4 is 23.2 Å². The maximum absolute atomic E-state index is 6.11. The summed E-state index contributed by atoms with van der Waals surface area (Å²) in [7, 11) is 1.60. The van der Waals surface area contributed by atoms with Crippen molar-refractivity contribution < 1.29 is 4.74 Å². The lowest BCUT2D eigenvalue weighted by molar-refractivity contribution is 0.0912. The van der Waals surface area contributed by atoms with E-state index >= 15 is 0 Å². The van der Waals surface area contributed by atoms with Crippen molar-refractivity contribution in [2.45, 2.75) is 44.2 Å². The summed E-state index contributed by atoms with van der Waals surface area (Å²) in [6.07, 6.45) is 6.29. The minimum absolute atomic E-state index is 0.336. The zero-order chi connectivity index (χ0) is 16.2. The summed E-state index contributed by atoms with van der Waals surface area (Å²) in [6.45, 7) is 2.50. The lowest BCUT2D eigenvalue weighted by Crippen LogP contribution is -2.49. The summed E-state index contributed by atoms with van der Waals surface area (Å²) in [6, 6.07) is 6.52. The first-order valence-electron chi connectivity index (χ1n) is 8.33. The molecule has 0 amide bonds. The molecule has 2 aliphatic rings. The standard InChI is InChI=1S/C17H25ClN4O/c1-23-16-6-5-12(11-15(16)18)20-17(19)21-13-9-14(10-13)22-7-3-2-4-8-22/h5-6,11,13-14H,2-4,7-10H2,1H3,(H3,19,20,21).